The molecule has 9 atom stereocenters. The minimum absolute atomic E-state index is 0.0181. The van der Waals surface area contributed by atoms with Gasteiger partial charge < -0.3 is 68.2 Å². The van der Waals surface area contributed by atoms with Crippen LogP contribution in [-0.4, -0.2) is 152 Å². The lowest BCUT2D eigenvalue weighted by molar-refractivity contribution is -0.137. The summed E-state index contributed by atoms with van der Waals surface area (Å²) in [5.74, 6) is -8.90. The highest BCUT2D eigenvalue weighted by Gasteiger charge is 2.40. The number of nitrogens with one attached hydrogen (secondary N) is 9. The Hall–Kier alpha value is -10.7. The van der Waals surface area contributed by atoms with Gasteiger partial charge in [-0.3, -0.25) is 43.2 Å². The fourth-order valence-corrected chi connectivity index (χ4v) is 17.4. The first-order valence-corrected chi connectivity index (χ1v) is 40.7. The monoisotopic (exact) mass is 1560 g/mol. The van der Waals surface area contributed by atoms with Gasteiger partial charge in [0, 0.05) is 78.9 Å². The Morgan fingerprint density at radius 3 is 1.89 bits per heavy atom. The molecule has 9 amide bonds. The van der Waals surface area contributed by atoms with Crippen LogP contribution in [0, 0.1) is 5.92 Å². The Kier molecular flexibility index (Phi) is 29.7. The van der Waals surface area contributed by atoms with Crippen molar-refractivity contribution >= 4 is 109 Å². The van der Waals surface area contributed by atoms with E-state index in [4.69, 9.17) is 10.5 Å². The van der Waals surface area contributed by atoms with Crippen LogP contribution in [0.1, 0.15) is 111 Å². The van der Waals surface area contributed by atoms with Crippen molar-refractivity contribution in [2.75, 3.05) is 23.8 Å². The number of hydrogen-bond donors (Lipinski definition) is 12. The normalized spacial score (nSPS) is 19.1. The van der Waals surface area contributed by atoms with E-state index >= 15 is 19.2 Å². The van der Waals surface area contributed by atoms with Crippen molar-refractivity contribution in [1.82, 2.24) is 47.5 Å². The Morgan fingerprint density at radius 1 is 0.640 bits per heavy atom. The number of unbranched alkanes of at least 4 members (excludes halogenated alkanes) is 1. The second kappa shape index (κ2) is 39.8. The minimum Gasteiger partial charge on any atom is -0.508 e. The summed E-state index contributed by atoms with van der Waals surface area (Å²) in [6, 6.07) is 49.6. The fraction of sp³-hybridized carbons (Fsp3) is 0.341. The number of aromatic hydroxyl groups is 1. The number of aromatic nitrogens is 1. The van der Waals surface area contributed by atoms with E-state index in [-0.39, 0.29) is 80.9 Å². The van der Waals surface area contributed by atoms with E-state index in [0.717, 1.165) is 60.3 Å². The van der Waals surface area contributed by atoms with E-state index in [1.54, 1.807) is 63.0 Å². The molecule has 582 valence electrons. The van der Waals surface area contributed by atoms with Gasteiger partial charge in [-0.2, -0.15) is 0 Å². The molecule has 2 aliphatic rings. The van der Waals surface area contributed by atoms with Crippen LogP contribution in [0.5, 0.6) is 5.75 Å². The number of ether oxygens (including phenoxy) is 1. The maximum atomic E-state index is 15.7. The van der Waals surface area contributed by atoms with Crippen molar-refractivity contribution < 1.29 is 62.9 Å². The number of nitrogens with two attached hydrogens (primary N) is 1. The number of benzene rings is 7. The van der Waals surface area contributed by atoms with Crippen LogP contribution >= 0.6 is 33.3 Å². The molecule has 1 aliphatic carbocycles. The molecule has 10 rings (SSSR count). The van der Waals surface area contributed by atoms with Crippen LogP contribution < -0.4 is 48.3 Å². The lowest BCUT2D eigenvalue weighted by Gasteiger charge is -2.35. The zero-order valence-corrected chi connectivity index (χ0v) is 64.9. The molecule has 23 nitrogen and oxygen atoms in total. The zero-order valence-electron chi connectivity index (χ0n) is 62.4. The first-order valence-electron chi connectivity index (χ1n) is 37.2. The average molecular weight is 1560 g/mol. The maximum absolute atomic E-state index is 15.7. The van der Waals surface area contributed by atoms with E-state index in [9.17, 15) is 39.0 Å². The van der Waals surface area contributed by atoms with Crippen LogP contribution in [0.4, 0.5) is 4.79 Å². The Morgan fingerprint density at radius 2 is 1.24 bits per heavy atom. The number of alkyl carbamates (subject to hydrolysis) is 1. The molecule has 1 aromatic heterocycles. The van der Waals surface area contributed by atoms with Gasteiger partial charge in [-0.05, 0) is 128 Å². The number of H-pyrrole nitrogens is 1. The average Bonchev–Trinajstić information content (AvgIpc) is 1.48. The molecule has 0 radical (unpaired) electrons. The van der Waals surface area contributed by atoms with Crippen molar-refractivity contribution in [2.45, 2.75) is 151 Å². The lowest BCUT2D eigenvalue weighted by Crippen LogP contribution is -2.61. The molecular weight excluding hydrogens is 1470 g/mol. The fourth-order valence-electron chi connectivity index (χ4n) is 13.6. The predicted molar refractivity (Wildman–Crippen MR) is 433 cm³/mol. The molecule has 26 heteroatoms. The molecule has 1 aliphatic heterocycles. The zero-order chi connectivity index (χ0) is 79.0. The van der Waals surface area contributed by atoms with Crippen LogP contribution in [-0.2, 0) is 78.3 Å². The van der Waals surface area contributed by atoms with Gasteiger partial charge in [0.2, 0.25) is 47.3 Å². The number of aliphatic hydroxyl groups excluding tert-OH is 1. The molecule has 2 heterocycles. The Labute approximate surface area is 658 Å². The van der Waals surface area contributed by atoms with Gasteiger partial charge in [0.05, 0.1) is 16.9 Å². The van der Waals surface area contributed by atoms with E-state index < -0.39 is 130 Å². The van der Waals surface area contributed by atoms with Gasteiger partial charge in [-0.15, -0.1) is 11.8 Å². The summed E-state index contributed by atoms with van der Waals surface area (Å²) >= 11 is 1.57. The van der Waals surface area contributed by atoms with Crippen LogP contribution in [0.15, 0.2) is 206 Å². The molecule has 7 aromatic carbocycles. The number of para-hydroxylation sites is 1. The molecule has 0 bridgehead atoms. The number of carbonyl (C=O) groups excluding carboxylic acids is 10. The lowest BCUT2D eigenvalue weighted by atomic mass is 9.84. The van der Waals surface area contributed by atoms with Crippen LogP contribution in [0.2, 0.25) is 0 Å². The number of amides is 9. The van der Waals surface area contributed by atoms with Crippen molar-refractivity contribution in [3.8, 4) is 5.75 Å². The summed E-state index contributed by atoms with van der Waals surface area (Å²) in [6.07, 6.45) is 1.19. The summed E-state index contributed by atoms with van der Waals surface area (Å²) < 4.78 is 4.65. The third-order valence-corrected chi connectivity index (χ3v) is 23.3. The van der Waals surface area contributed by atoms with Gasteiger partial charge in [0.1, 0.15) is 47.6 Å². The number of ketones is 1. The first-order chi connectivity index (χ1) is 53.4. The molecule has 8 aromatic rings. The first kappa shape index (κ1) is 82.8. The number of hydrogen-bond acceptors (Lipinski definition) is 16. The number of fused-ring (bicyclic) bond motifs is 2. The molecule has 0 unspecified atom stereocenters. The number of Topliss-reactive ketones (excluding diaryl/α,β-unsaturated/α-hetero) is 1. The number of primary amides is 1. The maximum Gasteiger partial charge on any atom is 0.407 e. The van der Waals surface area contributed by atoms with E-state index in [0.29, 0.717) is 28.7 Å². The summed E-state index contributed by atoms with van der Waals surface area (Å²) in [6.45, 7) is 6.48. The van der Waals surface area contributed by atoms with Crippen molar-refractivity contribution in [3.63, 3.8) is 0 Å². The smallest absolute Gasteiger partial charge is 0.407 e. The molecular formula is C85H96N10O13S3. The van der Waals surface area contributed by atoms with Crippen LogP contribution in [0.25, 0.3) is 16.5 Å². The van der Waals surface area contributed by atoms with E-state index in [2.05, 4.69) is 83.9 Å². The molecule has 0 spiro atoms. The van der Waals surface area contributed by atoms with E-state index in [1.807, 2.05) is 127 Å². The second-order valence-corrected chi connectivity index (χ2v) is 32.6. The SMILES string of the molecule is C[C@@H](O)[C@@H]1NC(=O)[C@H](CCCCNC(=O)OC(C)(C)C)NC(=O)[C@@H](CC2=CCc3ccccc32)NC(=O)[C@H](Cc2ccc(O)cc2)CC(=O)[C@@H](NC(=O)[C@@H](Cc2ccccc2)NC(=O)CCSC(c2ccccc2)(c2ccccc2)c2ccccc2)CSSC[C@@H](C(=O)N[C@@H](Cc2c[nH]c3ccccc23)C(N)=O)NC1=O. The predicted octanol–water partition coefficient (Wildman–Crippen LogP) is 8.97. The Balaban J connectivity index is 0.994. The molecule has 111 heavy (non-hydrogen) atoms. The number of aliphatic hydroxyl groups is 1. The molecule has 1 saturated heterocycles. The van der Waals surface area contributed by atoms with Gasteiger partial charge in [-0.1, -0.05) is 204 Å². The molecule has 13 N–H and O–H groups in total. The number of rotatable bonds is 27. The van der Waals surface area contributed by atoms with E-state index in [1.165, 1.54) is 19.1 Å². The number of phenols is 1. The van der Waals surface area contributed by atoms with Gasteiger partial charge in [-0.25, -0.2) is 4.79 Å². The van der Waals surface area contributed by atoms with Crippen LogP contribution in [0.3, 0.4) is 0 Å². The van der Waals surface area contributed by atoms with Gasteiger partial charge in [0.15, 0.2) is 5.78 Å². The molecule has 1 fully saturated rings. The molecule has 0 saturated carbocycles. The summed E-state index contributed by atoms with van der Waals surface area (Å²) in [5.41, 5.74) is 13.2. The summed E-state index contributed by atoms with van der Waals surface area (Å²) in [5, 5.41) is 45.1. The standard InChI is InChI=1S/C85H96N10O13S3/c1-53(96)75-82(106)94-72(81(105)91-68(76(86)100)48-59-50-88-66-34-20-19-33-65(59)66)52-111-110-51-71(93-79(103)69(46-54-23-9-5-10-24-54)89-74(99)42-44-109-85(60-26-11-6-12-27-60,61-28-13-7-14-29-61)62-30-15-8-16-31-62)73(98)49-58(45-55-36-40-63(97)41-37-55)77(101)92-70(47-57-39-38-56-25-17-18-32-64(56)57)80(104)90-67(78(102)95-75)35-21-22-43-87-83(107)108-84(2,3)4/h5-20,23-34,36-37,39-41,50,53,58,67-72,75,88,96-97H,21-22,35,38,42-49,51-52H2,1-4H3,(H2,86,100)(H,87,107)(H,89,99)(H,90,104)(H,91,105)(H,92,101)(H,93,103)(H,94,106)(H,95,102)/t53-,58-,67+,68+,69-,70-,71+,72+,75+/m1/s1. The highest BCUT2D eigenvalue weighted by Crippen LogP contribution is 2.49. The third kappa shape index (κ3) is 23.4. The largest absolute Gasteiger partial charge is 0.508 e. The number of carbonyl (C=O) groups is 10. The van der Waals surface area contributed by atoms with Crippen molar-refractivity contribution in [3.05, 3.63) is 251 Å². The quantitative estimate of drug-likeness (QED) is 0.0130. The highest BCUT2D eigenvalue weighted by atomic mass is 33.1. The third-order valence-electron chi connectivity index (χ3n) is 19.3. The van der Waals surface area contributed by atoms with Crippen molar-refractivity contribution in [1.29, 1.82) is 0 Å². The number of aromatic amines is 1. The minimum atomic E-state index is -1.80. The van der Waals surface area contributed by atoms with Gasteiger partial charge in [0.25, 0.3) is 0 Å². The second-order valence-electron chi connectivity index (χ2n) is 28.7. The number of phenolic OH excluding ortho intramolecular Hbond substituents is 1. The summed E-state index contributed by atoms with van der Waals surface area (Å²) in [4.78, 5) is 151. The number of allylic oxidation sites excluding steroid dienone is 1. The van der Waals surface area contributed by atoms with Gasteiger partial charge >= 0.3 is 6.09 Å². The topological polar surface area (TPSA) is 358 Å². The van der Waals surface area contributed by atoms with Crippen molar-refractivity contribution in [2.24, 2.45) is 11.7 Å². The highest BCUT2D eigenvalue weighted by molar-refractivity contribution is 8.76. The Bertz CT molecular complexity index is 4470. The summed E-state index contributed by atoms with van der Waals surface area (Å²) in [7, 11) is 2.01. The number of thioether (sulfide) groups is 1.